The molecule has 0 atom stereocenters. The van der Waals surface area contributed by atoms with E-state index >= 15 is 0 Å². The first-order chi connectivity index (χ1) is 11.9. The number of nitrogens with zero attached hydrogens (tertiary/aromatic N) is 1. The van der Waals surface area contributed by atoms with Gasteiger partial charge in [0.25, 0.3) is 0 Å². The summed E-state index contributed by atoms with van der Waals surface area (Å²) in [5.74, 6) is -0.351. The molecule has 2 aromatic carbocycles. The highest BCUT2D eigenvalue weighted by molar-refractivity contribution is 6.33. The number of hydrogen-bond acceptors (Lipinski definition) is 3. The van der Waals surface area contributed by atoms with Gasteiger partial charge in [0.1, 0.15) is 0 Å². The van der Waals surface area contributed by atoms with Gasteiger partial charge in [-0.15, -0.1) is 0 Å². The summed E-state index contributed by atoms with van der Waals surface area (Å²) in [5, 5.41) is 6.06. The fraction of sp³-hybridized carbons (Fsp3) is 0.263. The van der Waals surface area contributed by atoms with Crippen molar-refractivity contribution in [3.8, 4) is 0 Å². The number of carbonyl (C=O) groups excluding carboxylic acids is 2. The third kappa shape index (κ3) is 6.57. The number of amides is 2. The highest BCUT2D eigenvalue weighted by Gasteiger charge is 2.11. The third-order valence-electron chi connectivity index (χ3n) is 3.59. The van der Waals surface area contributed by atoms with E-state index in [9.17, 15) is 9.59 Å². The molecule has 0 aliphatic carbocycles. The summed E-state index contributed by atoms with van der Waals surface area (Å²) in [6.07, 6.45) is 0. The molecule has 132 valence electrons. The Hall–Kier alpha value is -2.37. The molecule has 0 aliphatic heterocycles. The normalized spacial score (nSPS) is 10.6. The van der Waals surface area contributed by atoms with Crippen molar-refractivity contribution in [1.82, 2.24) is 10.2 Å². The minimum Gasteiger partial charge on any atom is -0.351 e. The van der Waals surface area contributed by atoms with Crippen molar-refractivity contribution in [2.75, 3.05) is 25.5 Å². The topological polar surface area (TPSA) is 61.4 Å². The van der Waals surface area contributed by atoms with Gasteiger partial charge >= 0.3 is 0 Å². The Balaban J connectivity index is 1.74. The number of benzene rings is 2. The molecule has 0 aromatic heterocycles. The maximum atomic E-state index is 12.0. The van der Waals surface area contributed by atoms with Gasteiger partial charge in [0.05, 0.1) is 23.8 Å². The van der Waals surface area contributed by atoms with Crippen LogP contribution in [0.2, 0.25) is 5.02 Å². The first-order valence-electron chi connectivity index (χ1n) is 7.99. The number of nitrogens with one attached hydrogen (secondary N) is 2. The molecular formula is C19H22ClN3O2. The predicted molar refractivity (Wildman–Crippen MR) is 101 cm³/mol. The van der Waals surface area contributed by atoms with Crippen molar-refractivity contribution < 1.29 is 9.59 Å². The second kappa shape index (κ2) is 9.20. The third-order valence-corrected chi connectivity index (χ3v) is 3.91. The van der Waals surface area contributed by atoms with E-state index in [2.05, 4.69) is 10.6 Å². The first kappa shape index (κ1) is 19.0. The smallest absolute Gasteiger partial charge is 0.238 e. The molecule has 6 heteroatoms. The largest absolute Gasteiger partial charge is 0.351 e. The van der Waals surface area contributed by atoms with E-state index in [-0.39, 0.29) is 24.9 Å². The SMILES string of the molecule is Cc1ccc(CNC(=O)CN(C)CC(=O)Nc2ccccc2Cl)cc1. The summed E-state index contributed by atoms with van der Waals surface area (Å²) in [6.45, 7) is 2.73. The van der Waals surface area contributed by atoms with Gasteiger partial charge in [0.15, 0.2) is 0 Å². The van der Waals surface area contributed by atoms with Gasteiger partial charge in [-0.3, -0.25) is 14.5 Å². The van der Waals surface area contributed by atoms with Crippen LogP contribution in [-0.2, 0) is 16.1 Å². The Morgan fingerprint density at radius 2 is 1.64 bits per heavy atom. The molecule has 2 amide bonds. The van der Waals surface area contributed by atoms with Crippen LogP contribution in [0.1, 0.15) is 11.1 Å². The molecule has 0 bridgehead atoms. The number of carbonyl (C=O) groups is 2. The van der Waals surface area contributed by atoms with Crippen LogP contribution < -0.4 is 10.6 Å². The number of halogens is 1. The molecular weight excluding hydrogens is 338 g/mol. The van der Waals surface area contributed by atoms with Crippen molar-refractivity contribution >= 4 is 29.1 Å². The lowest BCUT2D eigenvalue weighted by atomic mass is 10.1. The summed E-state index contributed by atoms with van der Waals surface area (Å²) < 4.78 is 0. The van der Waals surface area contributed by atoms with Gasteiger partial charge in [-0.1, -0.05) is 53.6 Å². The maximum absolute atomic E-state index is 12.0. The molecule has 0 aliphatic rings. The molecule has 2 N–H and O–H groups in total. The summed E-state index contributed by atoms with van der Waals surface area (Å²) >= 11 is 6.01. The molecule has 0 saturated heterocycles. The van der Waals surface area contributed by atoms with Crippen LogP contribution in [0.4, 0.5) is 5.69 Å². The lowest BCUT2D eigenvalue weighted by molar-refractivity contribution is -0.123. The Morgan fingerprint density at radius 3 is 2.32 bits per heavy atom. The number of aryl methyl sites for hydroxylation is 1. The van der Waals surface area contributed by atoms with E-state index in [0.717, 1.165) is 5.56 Å². The van der Waals surface area contributed by atoms with Gasteiger partial charge in [-0.25, -0.2) is 0 Å². The predicted octanol–water partition coefficient (Wildman–Crippen LogP) is 2.84. The van der Waals surface area contributed by atoms with Crippen LogP contribution in [0.15, 0.2) is 48.5 Å². The molecule has 0 unspecified atom stereocenters. The van der Waals surface area contributed by atoms with Crippen LogP contribution in [0.3, 0.4) is 0 Å². The monoisotopic (exact) mass is 359 g/mol. The fourth-order valence-electron chi connectivity index (χ4n) is 2.26. The Labute approximate surface area is 153 Å². The second-order valence-corrected chi connectivity index (χ2v) is 6.37. The van der Waals surface area contributed by atoms with E-state index < -0.39 is 0 Å². The van der Waals surface area contributed by atoms with Crippen LogP contribution in [0.5, 0.6) is 0 Å². The summed E-state index contributed by atoms with van der Waals surface area (Å²) in [6, 6.07) is 15.0. The highest BCUT2D eigenvalue weighted by Crippen LogP contribution is 2.20. The van der Waals surface area contributed by atoms with Crippen molar-refractivity contribution in [1.29, 1.82) is 0 Å². The molecule has 0 fully saturated rings. The Kier molecular flexibility index (Phi) is 6.98. The van der Waals surface area contributed by atoms with Gasteiger partial charge in [0.2, 0.25) is 11.8 Å². The van der Waals surface area contributed by atoms with Crippen molar-refractivity contribution in [2.45, 2.75) is 13.5 Å². The average Bonchev–Trinajstić information content (AvgIpc) is 2.56. The van der Waals surface area contributed by atoms with E-state index in [4.69, 9.17) is 11.6 Å². The minimum atomic E-state index is -0.220. The molecule has 25 heavy (non-hydrogen) atoms. The van der Waals surface area contributed by atoms with Crippen molar-refractivity contribution in [2.24, 2.45) is 0 Å². The first-order valence-corrected chi connectivity index (χ1v) is 8.37. The standard InChI is InChI=1S/C19H22ClN3O2/c1-14-7-9-15(10-8-14)11-21-18(24)12-23(2)13-19(25)22-17-6-4-3-5-16(17)20/h3-10H,11-13H2,1-2H3,(H,21,24)(H,22,25). The number of para-hydroxylation sites is 1. The zero-order valence-electron chi connectivity index (χ0n) is 14.4. The Morgan fingerprint density at radius 1 is 1.00 bits per heavy atom. The van der Waals surface area contributed by atoms with Gasteiger partial charge in [-0.2, -0.15) is 0 Å². The second-order valence-electron chi connectivity index (χ2n) is 5.96. The van der Waals surface area contributed by atoms with E-state index in [1.165, 1.54) is 5.56 Å². The van der Waals surface area contributed by atoms with Crippen LogP contribution in [0.25, 0.3) is 0 Å². The molecule has 5 nitrogen and oxygen atoms in total. The minimum absolute atomic E-state index is 0.100. The number of hydrogen-bond donors (Lipinski definition) is 2. The van der Waals surface area contributed by atoms with Crippen LogP contribution in [-0.4, -0.2) is 36.9 Å². The number of rotatable bonds is 7. The molecule has 2 aromatic rings. The zero-order valence-corrected chi connectivity index (χ0v) is 15.1. The average molecular weight is 360 g/mol. The number of likely N-dealkylation sites (N-methyl/N-ethyl adjacent to an activating group) is 1. The van der Waals surface area contributed by atoms with Gasteiger partial charge < -0.3 is 10.6 Å². The van der Waals surface area contributed by atoms with Crippen molar-refractivity contribution in [3.05, 3.63) is 64.7 Å². The van der Waals surface area contributed by atoms with Crippen LogP contribution in [0, 0.1) is 6.92 Å². The zero-order chi connectivity index (χ0) is 18.2. The quantitative estimate of drug-likeness (QED) is 0.799. The fourth-order valence-corrected chi connectivity index (χ4v) is 2.44. The molecule has 2 rings (SSSR count). The summed E-state index contributed by atoms with van der Waals surface area (Å²) in [4.78, 5) is 25.7. The Bertz CT molecular complexity index is 732. The summed E-state index contributed by atoms with van der Waals surface area (Å²) in [7, 11) is 1.72. The van der Waals surface area contributed by atoms with Gasteiger partial charge in [-0.05, 0) is 31.7 Å². The lowest BCUT2D eigenvalue weighted by Crippen LogP contribution is -2.38. The van der Waals surface area contributed by atoms with E-state index in [0.29, 0.717) is 17.3 Å². The number of anilines is 1. The van der Waals surface area contributed by atoms with Gasteiger partial charge in [0, 0.05) is 6.54 Å². The van der Waals surface area contributed by atoms with Crippen LogP contribution >= 0.6 is 11.6 Å². The molecule has 0 heterocycles. The van der Waals surface area contributed by atoms with Crippen molar-refractivity contribution in [3.63, 3.8) is 0 Å². The highest BCUT2D eigenvalue weighted by atomic mass is 35.5. The molecule has 0 saturated carbocycles. The van der Waals surface area contributed by atoms with E-state index in [1.54, 1.807) is 36.2 Å². The summed E-state index contributed by atoms with van der Waals surface area (Å²) in [5.41, 5.74) is 2.78. The maximum Gasteiger partial charge on any atom is 0.238 e. The molecule has 0 radical (unpaired) electrons. The van der Waals surface area contributed by atoms with E-state index in [1.807, 2.05) is 31.2 Å². The lowest BCUT2D eigenvalue weighted by Gasteiger charge is -2.16. The molecule has 0 spiro atoms.